The molecule has 2 heterocycles. The number of nitrogens with zero attached hydrogens (tertiary/aromatic N) is 4. The van der Waals surface area contributed by atoms with E-state index in [0.717, 1.165) is 43.3 Å². The van der Waals surface area contributed by atoms with Gasteiger partial charge in [0, 0.05) is 43.4 Å². The molecule has 0 fully saturated rings. The molecule has 152 valence electrons. The lowest BCUT2D eigenvalue weighted by molar-refractivity contribution is -0.130. The standard InChI is InChI=1S/C21H31N5OS/c1-4-25-10-8-17-6-5-7-19(18(17)15-25)23-14-21(27)26(12-11-24(2)3)16-20-22-9-13-28-20/h5-7,9,13,23H,4,8,10-12,14-16H2,1-3H3. The van der Waals surface area contributed by atoms with Crippen LogP contribution in [0.5, 0.6) is 0 Å². The monoisotopic (exact) mass is 401 g/mol. The zero-order valence-corrected chi connectivity index (χ0v) is 18.0. The Balaban J connectivity index is 1.65. The van der Waals surface area contributed by atoms with Crippen molar-refractivity contribution < 1.29 is 4.79 Å². The lowest BCUT2D eigenvalue weighted by atomic mass is 9.98. The molecule has 1 aromatic carbocycles. The molecule has 0 saturated carbocycles. The van der Waals surface area contributed by atoms with Crippen LogP contribution in [0, 0.1) is 0 Å². The molecular weight excluding hydrogens is 370 g/mol. The maximum atomic E-state index is 13.0. The number of nitrogens with one attached hydrogen (secondary N) is 1. The third kappa shape index (κ3) is 5.53. The summed E-state index contributed by atoms with van der Waals surface area (Å²) in [5.74, 6) is 0.109. The van der Waals surface area contributed by atoms with Crippen molar-refractivity contribution >= 4 is 22.9 Å². The van der Waals surface area contributed by atoms with Crippen LogP contribution in [0.3, 0.4) is 0 Å². The van der Waals surface area contributed by atoms with Gasteiger partial charge in [0.2, 0.25) is 5.91 Å². The fourth-order valence-corrected chi connectivity index (χ4v) is 4.09. The van der Waals surface area contributed by atoms with E-state index in [4.69, 9.17) is 0 Å². The van der Waals surface area contributed by atoms with Gasteiger partial charge in [-0.15, -0.1) is 11.3 Å². The Hall–Kier alpha value is -1.96. The van der Waals surface area contributed by atoms with Gasteiger partial charge in [-0.25, -0.2) is 4.98 Å². The first-order valence-electron chi connectivity index (χ1n) is 9.94. The second-order valence-corrected chi connectivity index (χ2v) is 8.44. The molecule has 0 radical (unpaired) electrons. The molecule has 1 N–H and O–H groups in total. The van der Waals surface area contributed by atoms with Crippen molar-refractivity contribution in [3.63, 3.8) is 0 Å². The van der Waals surface area contributed by atoms with Crippen molar-refractivity contribution in [2.45, 2.75) is 26.4 Å². The van der Waals surface area contributed by atoms with Gasteiger partial charge in [-0.05, 0) is 44.3 Å². The first-order chi connectivity index (χ1) is 13.6. The maximum Gasteiger partial charge on any atom is 0.242 e. The summed E-state index contributed by atoms with van der Waals surface area (Å²) < 4.78 is 0. The van der Waals surface area contributed by atoms with Gasteiger partial charge in [0.25, 0.3) is 0 Å². The molecule has 0 spiro atoms. The Labute approximate surface area is 172 Å². The zero-order chi connectivity index (χ0) is 19.9. The molecule has 1 aromatic heterocycles. The number of hydrogen-bond acceptors (Lipinski definition) is 6. The Morgan fingerprint density at radius 3 is 2.89 bits per heavy atom. The molecule has 0 saturated heterocycles. The number of rotatable bonds is 9. The van der Waals surface area contributed by atoms with E-state index in [1.807, 2.05) is 24.4 Å². The number of likely N-dealkylation sites (N-methyl/N-ethyl adjacent to an activating group) is 2. The number of anilines is 1. The maximum absolute atomic E-state index is 13.0. The average molecular weight is 402 g/mol. The SMILES string of the molecule is CCN1CCc2cccc(NCC(=O)N(CCN(C)C)Cc3nccs3)c2C1. The van der Waals surface area contributed by atoms with Gasteiger partial charge in [0.15, 0.2) is 0 Å². The molecule has 7 heteroatoms. The van der Waals surface area contributed by atoms with Crippen LogP contribution in [-0.2, 0) is 24.3 Å². The minimum atomic E-state index is 0.109. The normalized spacial score (nSPS) is 14.1. The van der Waals surface area contributed by atoms with Crippen molar-refractivity contribution in [1.29, 1.82) is 0 Å². The molecule has 0 aliphatic carbocycles. The summed E-state index contributed by atoms with van der Waals surface area (Å²) >= 11 is 1.59. The highest BCUT2D eigenvalue weighted by molar-refractivity contribution is 7.09. The fourth-order valence-electron chi connectivity index (χ4n) is 3.46. The van der Waals surface area contributed by atoms with E-state index in [1.54, 1.807) is 17.5 Å². The molecular formula is C21H31N5OS. The van der Waals surface area contributed by atoms with Crippen LogP contribution in [0.25, 0.3) is 0 Å². The molecule has 1 aliphatic rings. The van der Waals surface area contributed by atoms with E-state index in [0.29, 0.717) is 19.6 Å². The number of carbonyl (C=O) groups excluding carboxylic acids is 1. The van der Waals surface area contributed by atoms with Crippen LogP contribution in [0.4, 0.5) is 5.69 Å². The highest BCUT2D eigenvalue weighted by atomic mass is 32.1. The summed E-state index contributed by atoms with van der Waals surface area (Å²) in [6.45, 7) is 7.73. The molecule has 2 aromatic rings. The molecule has 1 amide bonds. The minimum absolute atomic E-state index is 0.109. The van der Waals surface area contributed by atoms with Crippen LogP contribution >= 0.6 is 11.3 Å². The van der Waals surface area contributed by atoms with Crippen molar-refractivity contribution in [3.8, 4) is 0 Å². The molecule has 0 bridgehead atoms. The third-order valence-electron chi connectivity index (χ3n) is 5.21. The Kier molecular flexibility index (Phi) is 7.42. The number of amides is 1. The average Bonchev–Trinajstić information content (AvgIpc) is 3.21. The van der Waals surface area contributed by atoms with Gasteiger partial charge >= 0.3 is 0 Å². The summed E-state index contributed by atoms with van der Waals surface area (Å²) in [6.07, 6.45) is 2.87. The summed E-state index contributed by atoms with van der Waals surface area (Å²) in [5.41, 5.74) is 3.82. The number of carbonyl (C=O) groups is 1. The van der Waals surface area contributed by atoms with E-state index in [9.17, 15) is 4.79 Å². The Morgan fingerprint density at radius 1 is 1.32 bits per heavy atom. The number of aromatic nitrogens is 1. The summed E-state index contributed by atoms with van der Waals surface area (Å²) in [6, 6.07) is 6.39. The van der Waals surface area contributed by atoms with Crippen LogP contribution in [0.1, 0.15) is 23.1 Å². The van der Waals surface area contributed by atoms with Gasteiger partial charge in [0.1, 0.15) is 5.01 Å². The lowest BCUT2D eigenvalue weighted by Gasteiger charge is -2.30. The van der Waals surface area contributed by atoms with E-state index >= 15 is 0 Å². The third-order valence-corrected chi connectivity index (χ3v) is 5.97. The topological polar surface area (TPSA) is 51.7 Å². The van der Waals surface area contributed by atoms with Crippen LogP contribution in [0.15, 0.2) is 29.8 Å². The second-order valence-electron chi connectivity index (χ2n) is 7.46. The van der Waals surface area contributed by atoms with Crippen molar-refractivity contribution in [2.75, 3.05) is 52.1 Å². The van der Waals surface area contributed by atoms with Crippen molar-refractivity contribution in [1.82, 2.24) is 19.7 Å². The zero-order valence-electron chi connectivity index (χ0n) is 17.1. The van der Waals surface area contributed by atoms with Gasteiger partial charge in [-0.2, -0.15) is 0 Å². The summed E-state index contributed by atoms with van der Waals surface area (Å²) in [7, 11) is 4.06. The Morgan fingerprint density at radius 2 is 2.18 bits per heavy atom. The van der Waals surface area contributed by atoms with E-state index in [2.05, 4.69) is 45.2 Å². The molecule has 1 aliphatic heterocycles. The number of benzene rings is 1. The highest BCUT2D eigenvalue weighted by Crippen LogP contribution is 2.26. The van der Waals surface area contributed by atoms with Crippen LogP contribution < -0.4 is 5.32 Å². The first-order valence-corrected chi connectivity index (χ1v) is 10.8. The number of fused-ring (bicyclic) bond motifs is 1. The van der Waals surface area contributed by atoms with E-state index < -0.39 is 0 Å². The molecule has 0 atom stereocenters. The van der Waals surface area contributed by atoms with Crippen molar-refractivity contribution in [2.24, 2.45) is 0 Å². The minimum Gasteiger partial charge on any atom is -0.376 e. The van der Waals surface area contributed by atoms with Crippen molar-refractivity contribution in [3.05, 3.63) is 45.9 Å². The number of thiazole rings is 1. The fraction of sp³-hybridized carbons (Fsp3) is 0.524. The van der Waals surface area contributed by atoms with Crippen LogP contribution in [0.2, 0.25) is 0 Å². The molecule has 6 nitrogen and oxygen atoms in total. The largest absolute Gasteiger partial charge is 0.376 e. The predicted molar refractivity (Wildman–Crippen MR) is 116 cm³/mol. The highest BCUT2D eigenvalue weighted by Gasteiger charge is 2.19. The summed E-state index contributed by atoms with van der Waals surface area (Å²) in [5, 5.41) is 6.35. The molecule has 0 unspecified atom stereocenters. The van der Waals surface area contributed by atoms with Gasteiger partial charge in [-0.3, -0.25) is 9.69 Å². The Bertz CT molecular complexity index is 762. The summed E-state index contributed by atoms with van der Waals surface area (Å²) in [4.78, 5) is 23.7. The van der Waals surface area contributed by atoms with Gasteiger partial charge in [-0.1, -0.05) is 19.1 Å². The quantitative estimate of drug-likeness (QED) is 0.700. The molecule has 28 heavy (non-hydrogen) atoms. The second kappa shape index (κ2) is 10.0. The predicted octanol–water partition coefficient (Wildman–Crippen LogP) is 2.52. The van der Waals surface area contributed by atoms with Gasteiger partial charge in [0.05, 0.1) is 13.1 Å². The van der Waals surface area contributed by atoms with Gasteiger partial charge < -0.3 is 15.1 Å². The van der Waals surface area contributed by atoms with E-state index in [1.165, 1.54) is 11.1 Å². The first kappa shape index (κ1) is 20.8. The smallest absolute Gasteiger partial charge is 0.242 e. The van der Waals surface area contributed by atoms with Crippen LogP contribution in [-0.4, -0.2) is 72.4 Å². The molecule has 3 rings (SSSR count). The number of hydrogen-bond donors (Lipinski definition) is 1. The lowest BCUT2D eigenvalue weighted by Crippen LogP contribution is -2.39. The van der Waals surface area contributed by atoms with E-state index in [-0.39, 0.29) is 5.91 Å².